The lowest BCUT2D eigenvalue weighted by Crippen LogP contribution is -2.21. The van der Waals surface area contributed by atoms with Crippen molar-refractivity contribution < 1.29 is 0 Å². The molecule has 0 aliphatic rings. The second kappa shape index (κ2) is 5.03. The van der Waals surface area contributed by atoms with Gasteiger partial charge in [-0.3, -0.25) is 0 Å². The quantitative estimate of drug-likeness (QED) is 0.745. The van der Waals surface area contributed by atoms with Crippen molar-refractivity contribution in [3.8, 4) is 0 Å². The maximum atomic E-state index is 3.25. The summed E-state index contributed by atoms with van der Waals surface area (Å²) in [7, 11) is 2.01. The molecule has 0 heterocycles. The molecule has 0 saturated heterocycles. The Morgan fingerprint density at radius 2 is 1.85 bits per heavy atom. The van der Waals surface area contributed by atoms with Crippen LogP contribution in [-0.4, -0.2) is 13.1 Å². The molecule has 1 nitrogen and oxygen atoms in total. The Morgan fingerprint density at radius 3 is 2.38 bits per heavy atom. The van der Waals surface area contributed by atoms with Crippen molar-refractivity contribution in [2.75, 3.05) is 7.05 Å². The Morgan fingerprint density at radius 1 is 1.23 bits per heavy atom. The summed E-state index contributed by atoms with van der Waals surface area (Å²) in [5.41, 5.74) is 2.78. The van der Waals surface area contributed by atoms with E-state index in [1.54, 1.807) is 0 Å². The third-order valence-corrected chi connectivity index (χ3v) is 2.48. The van der Waals surface area contributed by atoms with Gasteiger partial charge < -0.3 is 5.32 Å². The van der Waals surface area contributed by atoms with E-state index in [4.69, 9.17) is 0 Å². The number of benzene rings is 1. The van der Waals surface area contributed by atoms with Gasteiger partial charge in [0.15, 0.2) is 0 Å². The Hall–Kier alpha value is -0.820. The normalized spacial score (nSPS) is 12.8. The van der Waals surface area contributed by atoms with Crippen LogP contribution in [-0.2, 0) is 6.42 Å². The largest absolute Gasteiger partial charge is 0.317 e. The van der Waals surface area contributed by atoms with Crippen molar-refractivity contribution in [2.24, 2.45) is 0 Å². The minimum Gasteiger partial charge on any atom is -0.317 e. The van der Waals surface area contributed by atoms with E-state index >= 15 is 0 Å². The molecular formula is C12H19N. The number of nitrogens with one attached hydrogen (secondary N) is 1. The fourth-order valence-corrected chi connectivity index (χ4v) is 1.28. The van der Waals surface area contributed by atoms with Crippen molar-refractivity contribution in [3.63, 3.8) is 0 Å². The number of rotatable bonds is 4. The first-order valence-electron chi connectivity index (χ1n) is 4.95. The van der Waals surface area contributed by atoms with Crippen LogP contribution in [0.15, 0.2) is 24.3 Å². The highest BCUT2D eigenvalue weighted by atomic mass is 14.8. The lowest BCUT2D eigenvalue weighted by atomic mass is 10.1. The topological polar surface area (TPSA) is 12.0 Å². The summed E-state index contributed by atoms with van der Waals surface area (Å²) in [6, 6.07) is 9.41. The SMILES string of the molecule is CN[C@H](C)CCc1ccc(C)cc1. The predicted octanol–water partition coefficient (Wildman–Crippen LogP) is 2.54. The van der Waals surface area contributed by atoms with Gasteiger partial charge in [0, 0.05) is 6.04 Å². The molecule has 0 aromatic heterocycles. The van der Waals surface area contributed by atoms with Gasteiger partial charge in [-0.05, 0) is 39.3 Å². The molecular weight excluding hydrogens is 158 g/mol. The summed E-state index contributed by atoms with van der Waals surface area (Å²) < 4.78 is 0. The molecule has 1 N–H and O–H groups in total. The smallest absolute Gasteiger partial charge is 0.00388 e. The van der Waals surface area contributed by atoms with Crippen LogP contribution < -0.4 is 5.32 Å². The standard InChI is InChI=1S/C12H19N/c1-10-4-7-12(8-5-10)9-6-11(2)13-3/h4-5,7-8,11,13H,6,9H2,1-3H3/t11-/m1/s1. The lowest BCUT2D eigenvalue weighted by molar-refractivity contribution is 0.565. The molecule has 0 fully saturated rings. The second-order valence-electron chi connectivity index (χ2n) is 3.71. The molecule has 1 rings (SSSR count). The first-order valence-corrected chi connectivity index (χ1v) is 4.95. The summed E-state index contributed by atoms with van der Waals surface area (Å²) in [6.45, 7) is 4.34. The van der Waals surface area contributed by atoms with Crippen LogP contribution in [0.1, 0.15) is 24.5 Å². The van der Waals surface area contributed by atoms with E-state index in [1.807, 2.05) is 7.05 Å². The Balaban J connectivity index is 2.41. The van der Waals surface area contributed by atoms with Gasteiger partial charge in [0.2, 0.25) is 0 Å². The van der Waals surface area contributed by atoms with Crippen LogP contribution in [0, 0.1) is 6.92 Å². The molecule has 1 atom stereocenters. The van der Waals surface area contributed by atoms with Crippen molar-refractivity contribution in [1.29, 1.82) is 0 Å². The van der Waals surface area contributed by atoms with Gasteiger partial charge in [0.25, 0.3) is 0 Å². The molecule has 0 unspecified atom stereocenters. The van der Waals surface area contributed by atoms with E-state index in [2.05, 4.69) is 43.4 Å². The van der Waals surface area contributed by atoms with E-state index in [0.29, 0.717) is 6.04 Å². The van der Waals surface area contributed by atoms with Crippen LogP contribution in [0.3, 0.4) is 0 Å². The Bertz CT molecular complexity index is 238. The van der Waals surface area contributed by atoms with Crippen LogP contribution in [0.5, 0.6) is 0 Å². The fourth-order valence-electron chi connectivity index (χ4n) is 1.28. The third kappa shape index (κ3) is 3.60. The van der Waals surface area contributed by atoms with Crippen molar-refractivity contribution in [3.05, 3.63) is 35.4 Å². The molecule has 0 aliphatic heterocycles. The van der Waals surface area contributed by atoms with Gasteiger partial charge in [0.1, 0.15) is 0 Å². The van der Waals surface area contributed by atoms with E-state index in [-0.39, 0.29) is 0 Å². The minimum atomic E-state index is 0.612. The van der Waals surface area contributed by atoms with Crippen LogP contribution in [0.25, 0.3) is 0 Å². The van der Waals surface area contributed by atoms with Crippen LogP contribution in [0.4, 0.5) is 0 Å². The average molecular weight is 177 g/mol. The molecule has 0 saturated carbocycles. The summed E-state index contributed by atoms with van der Waals surface area (Å²) in [4.78, 5) is 0. The first kappa shape index (κ1) is 10.3. The van der Waals surface area contributed by atoms with Crippen molar-refractivity contribution in [1.82, 2.24) is 5.32 Å². The molecule has 0 bridgehead atoms. The molecule has 0 radical (unpaired) electrons. The highest BCUT2D eigenvalue weighted by Gasteiger charge is 1.98. The van der Waals surface area contributed by atoms with Crippen molar-refractivity contribution in [2.45, 2.75) is 32.7 Å². The monoisotopic (exact) mass is 177 g/mol. The number of hydrogen-bond donors (Lipinski definition) is 1. The van der Waals surface area contributed by atoms with E-state index < -0.39 is 0 Å². The number of aryl methyl sites for hydroxylation is 2. The molecule has 0 amide bonds. The highest BCUT2D eigenvalue weighted by Crippen LogP contribution is 2.06. The Labute approximate surface area is 81.2 Å². The summed E-state index contributed by atoms with van der Waals surface area (Å²) >= 11 is 0. The summed E-state index contributed by atoms with van der Waals surface area (Å²) in [6.07, 6.45) is 2.38. The molecule has 1 aromatic rings. The van der Waals surface area contributed by atoms with Gasteiger partial charge in [-0.1, -0.05) is 29.8 Å². The maximum absolute atomic E-state index is 3.25. The molecule has 13 heavy (non-hydrogen) atoms. The number of hydrogen-bond acceptors (Lipinski definition) is 1. The van der Waals surface area contributed by atoms with Gasteiger partial charge >= 0.3 is 0 Å². The van der Waals surface area contributed by atoms with Gasteiger partial charge in [-0.25, -0.2) is 0 Å². The summed E-state index contributed by atoms with van der Waals surface area (Å²) in [5, 5.41) is 3.25. The average Bonchev–Trinajstić information content (AvgIpc) is 2.16. The molecule has 1 heteroatoms. The molecule has 1 aromatic carbocycles. The first-order chi connectivity index (χ1) is 6.22. The predicted molar refractivity (Wildman–Crippen MR) is 58.0 cm³/mol. The third-order valence-electron chi connectivity index (χ3n) is 2.48. The van der Waals surface area contributed by atoms with Gasteiger partial charge in [-0.15, -0.1) is 0 Å². The fraction of sp³-hybridized carbons (Fsp3) is 0.500. The minimum absolute atomic E-state index is 0.612. The molecule has 72 valence electrons. The Kier molecular flexibility index (Phi) is 3.97. The zero-order valence-corrected chi connectivity index (χ0v) is 8.80. The maximum Gasteiger partial charge on any atom is 0.00388 e. The van der Waals surface area contributed by atoms with Gasteiger partial charge in [-0.2, -0.15) is 0 Å². The summed E-state index contributed by atoms with van der Waals surface area (Å²) in [5.74, 6) is 0. The zero-order valence-electron chi connectivity index (χ0n) is 8.80. The van der Waals surface area contributed by atoms with E-state index in [1.165, 1.54) is 24.0 Å². The van der Waals surface area contributed by atoms with Crippen LogP contribution >= 0.6 is 0 Å². The van der Waals surface area contributed by atoms with Crippen LogP contribution in [0.2, 0.25) is 0 Å². The molecule has 0 spiro atoms. The zero-order chi connectivity index (χ0) is 9.68. The molecule has 0 aliphatic carbocycles. The van der Waals surface area contributed by atoms with Crippen molar-refractivity contribution >= 4 is 0 Å². The second-order valence-corrected chi connectivity index (χ2v) is 3.71. The lowest BCUT2D eigenvalue weighted by Gasteiger charge is -2.09. The van der Waals surface area contributed by atoms with E-state index in [9.17, 15) is 0 Å². The highest BCUT2D eigenvalue weighted by molar-refractivity contribution is 5.21. The van der Waals surface area contributed by atoms with E-state index in [0.717, 1.165) is 0 Å². The van der Waals surface area contributed by atoms with Gasteiger partial charge in [0.05, 0.1) is 0 Å².